The molecule has 2 aromatic carbocycles. The van der Waals surface area contributed by atoms with Crippen LogP contribution in [-0.2, 0) is 14.3 Å². The maximum atomic E-state index is 12.9. The lowest BCUT2D eigenvalue weighted by Crippen LogP contribution is -2.35. The molecule has 132 valence electrons. The first-order chi connectivity index (χ1) is 11.8. The minimum absolute atomic E-state index is 0.336. The second kappa shape index (κ2) is 8.28. The fourth-order valence-electron chi connectivity index (χ4n) is 1.97. The number of aryl methyl sites for hydroxylation is 1. The quantitative estimate of drug-likeness (QED) is 0.814. The smallest absolute Gasteiger partial charge is 0.347 e. The van der Waals surface area contributed by atoms with Gasteiger partial charge in [-0.15, -0.1) is 0 Å². The summed E-state index contributed by atoms with van der Waals surface area (Å²) < 4.78 is 23.3. The highest BCUT2D eigenvalue weighted by molar-refractivity contribution is 5.95. The molecule has 1 N–H and O–H groups in total. The zero-order valence-electron chi connectivity index (χ0n) is 14.3. The first-order valence-electron chi connectivity index (χ1n) is 7.85. The van der Waals surface area contributed by atoms with Crippen molar-refractivity contribution in [2.24, 2.45) is 0 Å². The molecule has 0 bridgehead atoms. The topological polar surface area (TPSA) is 64.6 Å². The number of amides is 1. The molecule has 2 rings (SSSR count). The Hall–Kier alpha value is -2.89. The average molecular weight is 345 g/mol. The molecule has 2 aromatic rings. The van der Waals surface area contributed by atoms with E-state index in [2.05, 4.69) is 5.32 Å². The van der Waals surface area contributed by atoms with Crippen LogP contribution in [0.3, 0.4) is 0 Å². The van der Waals surface area contributed by atoms with E-state index in [1.54, 1.807) is 12.1 Å². The van der Waals surface area contributed by atoms with Crippen LogP contribution in [0.1, 0.15) is 19.4 Å². The van der Waals surface area contributed by atoms with E-state index in [-0.39, 0.29) is 0 Å². The van der Waals surface area contributed by atoms with Crippen molar-refractivity contribution in [3.05, 3.63) is 59.9 Å². The third-order valence-corrected chi connectivity index (χ3v) is 3.44. The van der Waals surface area contributed by atoms with Gasteiger partial charge in [0.15, 0.2) is 12.2 Å². The summed E-state index contributed by atoms with van der Waals surface area (Å²) in [5.74, 6) is -1.19. The number of rotatable bonds is 6. The highest BCUT2D eigenvalue weighted by atomic mass is 19.1. The van der Waals surface area contributed by atoms with Crippen molar-refractivity contribution < 1.29 is 23.5 Å². The second-order valence-electron chi connectivity index (χ2n) is 5.65. The Bertz CT molecular complexity index is 728. The Labute approximate surface area is 145 Å². The van der Waals surface area contributed by atoms with Crippen molar-refractivity contribution in [3.8, 4) is 5.75 Å². The van der Waals surface area contributed by atoms with Gasteiger partial charge in [-0.25, -0.2) is 9.18 Å². The number of nitrogens with one attached hydrogen (secondary N) is 1. The van der Waals surface area contributed by atoms with Crippen LogP contribution in [0.5, 0.6) is 5.75 Å². The van der Waals surface area contributed by atoms with Crippen molar-refractivity contribution in [1.29, 1.82) is 0 Å². The van der Waals surface area contributed by atoms with Crippen LogP contribution < -0.4 is 10.1 Å². The molecule has 25 heavy (non-hydrogen) atoms. The SMILES string of the molecule is Cc1ccc(NC(=O)[C@H](C)OC(=O)[C@@H](C)Oc2ccc(F)cc2)cc1. The first-order valence-corrected chi connectivity index (χ1v) is 7.85. The molecule has 6 heteroatoms. The van der Waals surface area contributed by atoms with Crippen molar-refractivity contribution in [1.82, 2.24) is 0 Å². The van der Waals surface area contributed by atoms with Crippen LogP contribution >= 0.6 is 0 Å². The van der Waals surface area contributed by atoms with E-state index < -0.39 is 29.9 Å². The van der Waals surface area contributed by atoms with Gasteiger partial charge in [-0.05, 0) is 57.2 Å². The van der Waals surface area contributed by atoms with Gasteiger partial charge < -0.3 is 14.8 Å². The number of carbonyl (C=O) groups is 2. The van der Waals surface area contributed by atoms with E-state index in [4.69, 9.17) is 9.47 Å². The summed E-state index contributed by atoms with van der Waals surface area (Å²) in [5.41, 5.74) is 1.69. The van der Waals surface area contributed by atoms with E-state index in [1.165, 1.54) is 38.1 Å². The van der Waals surface area contributed by atoms with Crippen LogP contribution in [0.15, 0.2) is 48.5 Å². The lowest BCUT2D eigenvalue weighted by Gasteiger charge is -2.18. The fourth-order valence-corrected chi connectivity index (χ4v) is 1.97. The van der Waals surface area contributed by atoms with Crippen LogP contribution in [0, 0.1) is 12.7 Å². The normalized spacial score (nSPS) is 12.8. The molecule has 2 atom stereocenters. The van der Waals surface area contributed by atoms with Crippen molar-refractivity contribution in [2.75, 3.05) is 5.32 Å². The van der Waals surface area contributed by atoms with Gasteiger partial charge in [0.25, 0.3) is 5.91 Å². The van der Waals surface area contributed by atoms with Crippen LogP contribution in [0.2, 0.25) is 0 Å². The molecule has 0 aromatic heterocycles. The van der Waals surface area contributed by atoms with E-state index >= 15 is 0 Å². The number of hydrogen-bond donors (Lipinski definition) is 1. The van der Waals surface area contributed by atoms with Crippen molar-refractivity contribution in [3.63, 3.8) is 0 Å². The molecule has 0 radical (unpaired) electrons. The summed E-state index contributed by atoms with van der Waals surface area (Å²) in [7, 11) is 0. The highest BCUT2D eigenvalue weighted by Gasteiger charge is 2.23. The van der Waals surface area contributed by atoms with Crippen LogP contribution in [0.4, 0.5) is 10.1 Å². The third kappa shape index (κ3) is 5.60. The summed E-state index contributed by atoms with van der Waals surface area (Å²) >= 11 is 0. The molecular weight excluding hydrogens is 325 g/mol. The Morgan fingerprint density at radius 1 is 0.960 bits per heavy atom. The molecule has 0 aliphatic carbocycles. The van der Waals surface area contributed by atoms with E-state index in [1.807, 2.05) is 19.1 Å². The molecule has 0 fully saturated rings. The number of esters is 1. The van der Waals surface area contributed by atoms with Crippen LogP contribution in [0.25, 0.3) is 0 Å². The molecule has 0 aliphatic heterocycles. The van der Waals surface area contributed by atoms with E-state index in [0.717, 1.165) is 5.56 Å². The Morgan fingerprint density at radius 2 is 1.56 bits per heavy atom. The zero-order valence-corrected chi connectivity index (χ0v) is 14.3. The fraction of sp³-hybridized carbons (Fsp3) is 0.263. The zero-order chi connectivity index (χ0) is 18.4. The minimum atomic E-state index is -0.979. The van der Waals surface area contributed by atoms with Gasteiger partial charge >= 0.3 is 5.97 Å². The van der Waals surface area contributed by atoms with Crippen LogP contribution in [-0.4, -0.2) is 24.1 Å². The lowest BCUT2D eigenvalue weighted by molar-refractivity contribution is -0.159. The second-order valence-corrected chi connectivity index (χ2v) is 5.65. The Balaban J connectivity index is 1.86. The summed E-state index contributed by atoms with van der Waals surface area (Å²) in [4.78, 5) is 24.1. The van der Waals surface area contributed by atoms with Gasteiger partial charge in [0.2, 0.25) is 0 Å². The first kappa shape index (κ1) is 18.4. The number of hydrogen-bond acceptors (Lipinski definition) is 4. The number of benzene rings is 2. The Kier molecular flexibility index (Phi) is 6.11. The largest absolute Gasteiger partial charge is 0.479 e. The third-order valence-electron chi connectivity index (χ3n) is 3.44. The molecule has 1 amide bonds. The van der Waals surface area contributed by atoms with Gasteiger partial charge in [-0.2, -0.15) is 0 Å². The molecule has 0 aliphatic rings. The molecule has 0 saturated carbocycles. The standard InChI is InChI=1S/C19H20FNO4/c1-12-4-8-16(9-5-12)21-18(22)13(2)25-19(23)14(3)24-17-10-6-15(20)7-11-17/h4-11,13-14H,1-3H3,(H,21,22)/t13-,14+/m0/s1. The molecule has 0 heterocycles. The summed E-state index contributed by atoms with van der Waals surface area (Å²) in [6.45, 7) is 4.92. The number of anilines is 1. The van der Waals surface area contributed by atoms with E-state index in [9.17, 15) is 14.0 Å². The molecule has 0 saturated heterocycles. The summed E-state index contributed by atoms with van der Waals surface area (Å²) in [6, 6.07) is 12.5. The van der Waals surface area contributed by atoms with Crippen molar-refractivity contribution >= 4 is 17.6 Å². The molecule has 0 spiro atoms. The maximum absolute atomic E-state index is 12.9. The number of halogens is 1. The number of carbonyl (C=O) groups excluding carboxylic acids is 2. The highest BCUT2D eigenvalue weighted by Crippen LogP contribution is 2.14. The van der Waals surface area contributed by atoms with E-state index in [0.29, 0.717) is 11.4 Å². The van der Waals surface area contributed by atoms with Gasteiger partial charge in [-0.1, -0.05) is 17.7 Å². The van der Waals surface area contributed by atoms with Gasteiger partial charge in [0.05, 0.1) is 0 Å². The predicted molar refractivity (Wildman–Crippen MR) is 91.9 cm³/mol. The average Bonchev–Trinajstić information content (AvgIpc) is 2.58. The molecular formula is C19H20FNO4. The van der Waals surface area contributed by atoms with Gasteiger partial charge in [-0.3, -0.25) is 4.79 Å². The minimum Gasteiger partial charge on any atom is -0.479 e. The van der Waals surface area contributed by atoms with Gasteiger partial charge in [0, 0.05) is 5.69 Å². The van der Waals surface area contributed by atoms with Crippen molar-refractivity contribution in [2.45, 2.75) is 33.0 Å². The predicted octanol–water partition coefficient (Wildman–Crippen LogP) is 3.47. The number of ether oxygens (including phenoxy) is 2. The maximum Gasteiger partial charge on any atom is 0.347 e. The molecule has 5 nitrogen and oxygen atoms in total. The monoisotopic (exact) mass is 345 g/mol. The lowest BCUT2D eigenvalue weighted by atomic mass is 10.2. The van der Waals surface area contributed by atoms with Gasteiger partial charge in [0.1, 0.15) is 11.6 Å². The molecule has 0 unspecified atom stereocenters. The summed E-state index contributed by atoms with van der Waals surface area (Å²) in [6.07, 6.45) is -1.91. The Morgan fingerprint density at radius 3 is 2.16 bits per heavy atom. The summed E-state index contributed by atoms with van der Waals surface area (Å²) in [5, 5.41) is 2.67.